The van der Waals surface area contributed by atoms with E-state index >= 15 is 0 Å². The minimum absolute atomic E-state index is 0.0146. The van der Waals surface area contributed by atoms with Crippen LogP contribution >= 0.6 is 0 Å². The Morgan fingerprint density at radius 1 is 1.04 bits per heavy atom. The lowest BCUT2D eigenvalue weighted by atomic mass is 9.93. The van der Waals surface area contributed by atoms with Crippen molar-refractivity contribution in [1.82, 2.24) is 34.4 Å². The van der Waals surface area contributed by atoms with Gasteiger partial charge in [0, 0.05) is 44.6 Å². The van der Waals surface area contributed by atoms with E-state index in [-0.39, 0.29) is 5.91 Å². The molecule has 3 aromatic heterocycles. The highest BCUT2D eigenvalue weighted by atomic mass is 16.2. The third kappa shape index (κ3) is 3.42. The molecule has 4 rings (SSSR count). The molecule has 27 heavy (non-hydrogen) atoms. The van der Waals surface area contributed by atoms with Crippen molar-refractivity contribution < 1.29 is 4.79 Å². The van der Waals surface area contributed by atoms with Gasteiger partial charge in [-0.05, 0) is 19.8 Å². The average molecular weight is 363 g/mol. The van der Waals surface area contributed by atoms with Gasteiger partial charge in [-0.25, -0.2) is 19.9 Å². The molecule has 0 spiro atoms. The maximum Gasteiger partial charge on any atom is 0.256 e. The van der Waals surface area contributed by atoms with E-state index in [0.29, 0.717) is 24.6 Å². The van der Waals surface area contributed by atoms with Gasteiger partial charge in [0.05, 0.1) is 29.3 Å². The predicted molar refractivity (Wildman–Crippen MR) is 98.9 cm³/mol. The maximum atomic E-state index is 12.5. The van der Waals surface area contributed by atoms with Gasteiger partial charge in [-0.1, -0.05) is 0 Å². The van der Waals surface area contributed by atoms with Gasteiger partial charge < -0.3 is 9.47 Å². The second-order valence-corrected chi connectivity index (χ2v) is 6.77. The van der Waals surface area contributed by atoms with E-state index in [1.807, 2.05) is 35.8 Å². The van der Waals surface area contributed by atoms with Crippen molar-refractivity contribution in [2.45, 2.75) is 25.7 Å². The number of rotatable bonds is 3. The zero-order valence-electron chi connectivity index (χ0n) is 15.4. The van der Waals surface area contributed by atoms with Crippen molar-refractivity contribution >= 4 is 5.91 Å². The third-order valence-electron chi connectivity index (χ3n) is 5.14. The normalized spacial score (nSPS) is 15.1. The lowest BCUT2D eigenvalue weighted by Crippen LogP contribution is -2.38. The molecular weight excluding hydrogens is 342 g/mol. The quantitative estimate of drug-likeness (QED) is 0.707. The summed E-state index contributed by atoms with van der Waals surface area (Å²) in [7, 11) is 1.98. The largest absolute Gasteiger partial charge is 0.339 e. The number of aryl methyl sites for hydroxylation is 1. The van der Waals surface area contributed by atoms with E-state index < -0.39 is 0 Å². The number of nitrogens with zero attached hydrogens (tertiary/aromatic N) is 7. The van der Waals surface area contributed by atoms with Crippen molar-refractivity contribution in [3.05, 3.63) is 54.4 Å². The van der Waals surface area contributed by atoms with Gasteiger partial charge in [-0.15, -0.1) is 0 Å². The molecule has 1 amide bonds. The molecule has 8 nitrogen and oxygen atoms in total. The van der Waals surface area contributed by atoms with Crippen LogP contribution in [0.5, 0.6) is 0 Å². The molecule has 1 saturated heterocycles. The summed E-state index contributed by atoms with van der Waals surface area (Å²) in [5.41, 5.74) is 3.29. The molecule has 1 fully saturated rings. The number of aromatic nitrogens is 6. The number of amides is 1. The Hall–Kier alpha value is -3.16. The Labute approximate surface area is 157 Å². The van der Waals surface area contributed by atoms with Crippen LogP contribution in [-0.4, -0.2) is 53.4 Å². The highest BCUT2D eigenvalue weighted by Crippen LogP contribution is 2.28. The molecular formula is C19H21N7O. The zero-order valence-corrected chi connectivity index (χ0v) is 15.4. The van der Waals surface area contributed by atoms with Crippen LogP contribution in [0.3, 0.4) is 0 Å². The minimum Gasteiger partial charge on any atom is -0.339 e. The summed E-state index contributed by atoms with van der Waals surface area (Å²) in [6, 6.07) is 0. The van der Waals surface area contributed by atoms with E-state index in [1.54, 1.807) is 18.6 Å². The number of hydrogen-bond acceptors (Lipinski definition) is 6. The maximum absolute atomic E-state index is 12.5. The molecule has 4 heterocycles. The molecule has 0 aliphatic carbocycles. The topological polar surface area (TPSA) is 89.7 Å². The minimum atomic E-state index is -0.0146. The zero-order chi connectivity index (χ0) is 18.8. The van der Waals surface area contributed by atoms with Crippen molar-refractivity contribution in [3.63, 3.8) is 0 Å². The molecule has 1 aliphatic heterocycles. The average Bonchev–Trinajstić information content (AvgIpc) is 3.07. The second kappa shape index (κ2) is 7.22. The Bertz CT molecular complexity index is 946. The van der Waals surface area contributed by atoms with E-state index in [1.165, 1.54) is 6.33 Å². The molecule has 138 valence electrons. The Morgan fingerprint density at radius 2 is 1.78 bits per heavy atom. The standard InChI is InChI=1S/C19H21N7O/c1-13-23-11-18(25(13)2)17-10-20-9-16(24-17)14-3-5-26(6-4-14)19(27)15-7-21-12-22-8-15/h7-12,14H,3-6H2,1-2H3. The summed E-state index contributed by atoms with van der Waals surface area (Å²) in [6.07, 6.45) is 11.7. The molecule has 0 bridgehead atoms. The van der Waals surface area contributed by atoms with Gasteiger partial charge in [-0.3, -0.25) is 9.78 Å². The van der Waals surface area contributed by atoms with Crippen LogP contribution in [0.25, 0.3) is 11.4 Å². The highest BCUT2D eigenvalue weighted by Gasteiger charge is 2.26. The first kappa shape index (κ1) is 17.3. The van der Waals surface area contributed by atoms with Crippen LogP contribution in [0.15, 0.2) is 37.3 Å². The first-order valence-corrected chi connectivity index (χ1v) is 8.98. The third-order valence-corrected chi connectivity index (χ3v) is 5.14. The van der Waals surface area contributed by atoms with Gasteiger partial charge in [0.2, 0.25) is 0 Å². The van der Waals surface area contributed by atoms with E-state index in [0.717, 1.165) is 35.7 Å². The molecule has 0 aromatic carbocycles. The first-order chi connectivity index (χ1) is 13.1. The van der Waals surface area contributed by atoms with Crippen LogP contribution in [0.2, 0.25) is 0 Å². The summed E-state index contributed by atoms with van der Waals surface area (Å²) in [6.45, 7) is 3.34. The number of carbonyl (C=O) groups is 1. The SMILES string of the molecule is Cc1ncc(-c2cncc(C3CCN(C(=O)c4cncnc4)CC3)n2)n1C. The summed E-state index contributed by atoms with van der Waals surface area (Å²) in [5, 5.41) is 0. The van der Waals surface area contributed by atoms with E-state index in [9.17, 15) is 4.79 Å². The Balaban J connectivity index is 1.46. The van der Waals surface area contributed by atoms with E-state index in [2.05, 4.69) is 19.9 Å². The number of piperidine rings is 1. The van der Waals surface area contributed by atoms with Crippen molar-refractivity contribution in [3.8, 4) is 11.4 Å². The van der Waals surface area contributed by atoms with Gasteiger partial charge >= 0.3 is 0 Å². The Kier molecular flexibility index (Phi) is 4.62. The van der Waals surface area contributed by atoms with Crippen LogP contribution in [0.4, 0.5) is 0 Å². The summed E-state index contributed by atoms with van der Waals surface area (Å²) >= 11 is 0. The fourth-order valence-corrected chi connectivity index (χ4v) is 3.41. The Morgan fingerprint density at radius 3 is 2.44 bits per heavy atom. The monoisotopic (exact) mass is 363 g/mol. The van der Waals surface area contributed by atoms with Crippen LogP contribution in [-0.2, 0) is 7.05 Å². The number of imidazole rings is 1. The lowest BCUT2D eigenvalue weighted by molar-refractivity contribution is 0.0711. The van der Waals surface area contributed by atoms with Crippen molar-refractivity contribution in [2.24, 2.45) is 7.05 Å². The highest BCUT2D eigenvalue weighted by molar-refractivity contribution is 5.93. The smallest absolute Gasteiger partial charge is 0.256 e. The van der Waals surface area contributed by atoms with Gasteiger partial charge in [0.15, 0.2) is 0 Å². The van der Waals surface area contributed by atoms with Crippen LogP contribution in [0, 0.1) is 6.92 Å². The van der Waals surface area contributed by atoms with Gasteiger partial charge in [0.25, 0.3) is 5.91 Å². The number of likely N-dealkylation sites (tertiary alicyclic amines) is 1. The summed E-state index contributed by atoms with van der Waals surface area (Å²) < 4.78 is 2.01. The number of carbonyl (C=O) groups excluding carboxylic acids is 1. The summed E-state index contributed by atoms with van der Waals surface area (Å²) in [4.78, 5) is 35.8. The fraction of sp³-hybridized carbons (Fsp3) is 0.368. The molecule has 0 saturated carbocycles. The van der Waals surface area contributed by atoms with Crippen molar-refractivity contribution in [1.29, 1.82) is 0 Å². The number of hydrogen-bond donors (Lipinski definition) is 0. The first-order valence-electron chi connectivity index (χ1n) is 8.98. The van der Waals surface area contributed by atoms with Crippen molar-refractivity contribution in [2.75, 3.05) is 13.1 Å². The fourth-order valence-electron chi connectivity index (χ4n) is 3.41. The van der Waals surface area contributed by atoms with E-state index in [4.69, 9.17) is 4.98 Å². The van der Waals surface area contributed by atoms with Crippen LogP contribution in [0.1, 0.15) is 40.6 Å². The summed E-state index contributed by atoms with van der Waals surface area (Å²) in [5.74, 6) is 1.22. The van der Waals surface area contributed by atoms with Gasteiger partial charge in [0.1, 0.15) is 17.8 Å². The van der Waals surface area contributed by atoms with Crippen LogP contribution < -0.4 is 0 Å². The molecule has 3 aromatic rings. The molecule has 1 aliphatic rings. The molecule has 0 atom stereocenters. The molecule has 0 N–H and O–H groups in total. The molecule has 8 heteroatoms. The molecule has 0 unspecified atom stereocenters. The molecule has 0 radical (unpaired) electrons. The lowest BCUT2D eigenvalue weighted by Gasteiger charge is -2.31. The van der Waals surface area contributed by atoms with Gasteiger partial charge in [-0.2, -0.15) is 0 Å². The second-order valence-electron chi connectivity index (χ2n) is 6.77. The predicted octanol–water partition coefficient (Wildman–Crippen LogP) is 2.00.